The number of hydrogen-bond acceptors (Lipinski definition) is 6. The standard InChI is InChI=1S/C12H12N4O3/c1-17-6-7-5-9(16-19-7)12-13-8-3-4-10(18-2)14-11(8)15-12/h3-5H,6H2,1-2H3,(H,13,14,15). The number of nitrogens with zero attached hydrogens (tertiary/aromatic N) is 3. The quantitative estimate of drug-likeness (QED) is 0.769. The van der Waals surface area contributed by atoms with E-state index in [0.717, 1.165) is 5.52 Å². The SMILES string of the molecule is COCc1cc(-c2nc3nc(OC)ccc3[nH]2)no1. The second kappa shape index (κ2) is 4.69. The Balaban J connectivity index is 1.99. The molecular formula is C12H12N4O3. The number of H-pyrrole nitrogens is 1. The van der Waals surface area contributed by atoms with Gasteiger partial charge in [0.25, 0.3) is 0 Å². The van der Waals surface area contributed by atoms with Gasteiger partial charge in [0, 0.05) is 19.2 Å². The van der Waals surface area contributed by atoms with E-state index in [1.807, 2.05) is 6.07 Å². The zero-order valence-corrected chi connectivity index (χ0v) is 10.5. The summed E-state index contributed by atoms with van der Waals surface area (Å²) < 4.78 is 15.2. The van der Waals surface area contributed by atoms with Crippen molar-refractivity contribution in [3.63, 3.8) is 0 Å². The van der Waals surface area contributed by atoms with Gasteiger partial charge in [0.05, 0.1) is 12.6 Å². The molecule has 0 atom stereocenters. The topological polar surface area (TPSA) is 86.1 Å². The van der Waals surface area contributed by atoms with E-state index in [-0.39, 0.29) is 0 Å². The van der Waals surface area contributed by atoms with Crippen LogP contribution >= 0.6 is 0 Å². The molecule has 0 saturated heterocycles. The fourth-order valence-corrected chi connectivity index (χ4v) is 1.75. The Morgan fingerprint density at radius 2 is 2.16 bits per heavy atom. The van der Waals surface area contributed by atoms with Crippen molar-refractivity contribution in [2.75, 3.05) is 14.2 Å². The van der Waals surface area contributed by atoms with Gasteiger partial charge in [-0.25, -0.2) is 4.98 Å². The Morgan fingerprint density at radius 1 is 1.26 bits per heavy atom. The van der Waals surface area contributed by atoms with Crippen LogP contribution in [0.25, 0.3) is 22.7 Å². The number of aromatic amines is 1. The third kappa shape index (κ3) is 2.15. The van der Waals surface area contributed by atoms with Gasteiger partial charge in [-0.1, -0.05) is 5.16 Å². The Hall–Kier alpha value is -2.41. The summed E-state index contributed by atoms with van der Waals surface area (Å²) in [4.78, 5) is 11.7. The molecule has 0 aliphatic rings. The van der Waals surface area contributed by atoms with Gasteiger partial charge >= 0.3 is 0 Å². The van der Waals surface area contributed by atoms with Gasteiger partial charge in [0.1, 0.15) is 12.3 Å². The summed E-state index contributed by atoms with van der Waals surface area (Å²) in [5, 5.41) is 3.94. The third-order valence-corrected chi connectivity index (χ3v) is 2.62. The number of imidazole rings is 1. The van der Waals surface area contributed by atoms with Crippen molar-refractivity contribution in [3.05, 3.63) is 24.0 Å². The average molecular weight is 260 g/mol. The molecule has 3 heterocycles. The van der Waals surface area contributed by atoms with E-state index < -0.39 is 0 Å². The lowest BCUT2D eigenvalue weighted by molar-refractivity contribution is 0.156. The van der Waals surface area contributed by atoms with Crippen LogP contribution in [-0.4, -0.2) is 34.3 Å². The molecule has 19 heavy (non-hydrogen) atoms. The molecule has 0 bridgehead atoms. The predicted molar refractivity (Wildman–Crippen MR) is 66.7 cm³/mol. The van der Waals surface area contributed by atoms with Crippen molar-refractivity contribution in [2.24, 2.45) is 0 Å². The second-order valence-electron chi connectivity index (χ2n) is 3.92. The average Bonchev–Trinajstić information content (AvgIpc) is 3.03. The molecule has 3 rings (SSSR count). The minimum absolute atomic E-state index is 0.374. The van der Waals surface area contributed by atoms with Crippen molar-refractivity contribution >= 4 is 11.2 Å². The van der Waals surface area contributed by atoms with Crippen molar-refractivity contribution in [1.29, 1.82) is 0 Å². The fraction of sp³-hybridized carbons (Fsp3) is 0.250. The van der Waals surface area contributed by atoms with Crippen LogP contribution in [0.5, 0.6) is 5.88 Å². The molecule has 0 fully saturated rings. The van der Waals surface area contributed by atoms with Crippen molar-refractivity contribution in [3.8, 4) is 17.4 Å². The molecule has 7 heteroatoms. The predicted octanol–water partition coefficient (Wildman–Crippen LogP) is 1.77. The van der Waals surface area contributed by atoms with Crippen LogP contribution in [0.1, 0.15) is 5.76 Å². The molecule has 0 aromatic carbocycles. The highest BCUT2D eigenvalue weighted by atomic mass is 16.5. The van der Waals surface area contributed by atoms with Crippen LogP contribution in [0.2, 0.25) is 0 Å². The molecule has 0 unspecified atom stereocenters. The molecule has 1 N–H and O–H groups in total. The summed E-state index contributed by atoms with van der Waals surface area (Å²) in [5.74, 6) is 1.76. The lowest BCUT2D eigenvalue weighted by atomic mass is 10.3. The van der Waals surface area contributed by atoms with Crippen LogP contribution in [0.15, 0.2) is 22.7 Å². The fourth-order valence-electron chi connectivity index (χ4n) is 1.75. The first-order valence-corrected chi connectivity index (χ1v) is 5.66. The summed E-state index contributed by atoms with van der Waals surface area (Å²) in [6, 6.07) is 5.40. The van der Waals surface area contributed by atoms with E-state index in [1.54, 1.807) is 26.4 Å². The van der Waals surface area contributed by atoms with E-state index >= 15 is 0 Å². The van der Waals surface area contributed by atoms with E-state index in [4.69, 9.17) is 14.0 Å². The zero-order valence-electron chi connectivity index (χ0n) is 10.5. The number of methoxy groups -OCH3 is 2. The minimum atomic E-state index is 0.374. The van der Waals surface area contributed by atoms with Gasteiger partial charge in [-0.2, -0.15) is 4.98 Å². The van der Waals surface area contributed by atoms with Gasteiger partial charge in [-0.05, 0) is 6.07 Å². The monoisotopic (exact) mass is 260 g/mol. The molecule has 98 valence electrons. The lowest BCUT2D eigenvalue weighted by Gasteiger charge is -1.95. The number of fused-ring (bicyclic) bond motifs is 1. The summed E-state index contributed by atoms with van der Waals surface area (Å²) in [6.07, 6.45) is 0. The Bertz CT molecular complexity index is 704. The van der Waals surface area contributed by atoms with E-state index in [9.17, 15) is 0 Å². The van der Waals surface area contributed by atoms with Gasteiger partial charge in [-0.3, -0.25) is 0 Å². The summed E-state index contributed by atoms with van der Waals surface area (Å²) >= 11 is 0. The minimum Gasteiger partial charge on any atom is -0.481 e. The maximum absolute atomic E-state index is 5.12. The number of pyridine rings is 1. The van der Waals surface area contributed by atoms with Crippen molar-refractivity contribution in [1.82, 2.24) is 20.1 Å². The molecule has 0 saturated carbocycles. The van der Waals surface area contributed by atoms with Gasteiger partial charge in [-0.15, -0.1) is 0 Å². The lowest BCUT2D eigenvalue weighted by Crippen LogP contribution is -1.86. The summed E-state index contributed by atoms with van der Waals surface area (Å²) in [6.45, 7) is 0.374. The Labute approximate surface area is 108 Å². The molecule has 0 amide bonds. The van der Waals surface area contributed by atoms with E-state index in [1.165, 1.54) is 0 Å². The third-order valence-electron chi connectivity index (χ3n) is 2.62. The first-order valence-electron chi connectivity index (χ1n) is 5.66. The molecule has 3 aromatic rings. The smallest absolute Gasteiger partial charge is 0.215 e. The number of ether oxygens (including phenoxy) is 2. The van der Waals surface area contributed by atoms with Crippen molar-refractivity contribution < 1.29 is 14.0 Å². The van der Waals surface area contributed by atoms with Crippen LogP contribution < -0.4 is 4.74 Å². The Kier molecular flexibility index (Phi) is 2.88. The summed E-state index contributed by atoms with van der Waals surface area (Å²) in [7, 11) is 3.16. The van der Waals surface area contributed by atoms with E-state index in [0.29, 0.717) is 35.4 Å². The van der Waals surface area contributed by atoms with Gasteiger partial charge < -0.3 is 19.0 Å². The molecular weight excluding hydrogens is 248 g/mol. The second-order valence-corrected chi connectivity index (χ2v) is 3.92. The molecule has 3 aromatic heterocycles. The highest BCUT2D eigenvalue weighted by Crippen LogP contribution is 2.21. The molecule has 0 aliphatic heterocycles. The van der Waals surface area contributed by atoms with Crippen LogP contribution in [0, 0.1) is 0 Å². The zero-order chi connectivity index (χ0) is 13.2. The largest absolute Gasteiger partial charge is 0.481 e. The molecule has 0 radical (unpaired) electrons. The normalized spacial score (nSPS) is 11.1. The van der Waals surface area contributed by atoms with Crippen LogP contribution in [0.3, 0.4) is 0 Å². The van der Waals surface area contributed by atoms with Gasteiger partial charge in [0.15, 0.2) is 17.2 Å². The van der Waals surface area contributed by atoms with Crippen molar-refractivity contribution in [2.45, 2.75) is 6.61 Å². The van der Waals surface area contributed by atoms with Crippen LogP contribution in [-0.2, 0) is 11.3 Å². The van der Waals surface area contributed by atoms with E-state index in [2.05, 4.69) is 20.1 Å². The number of rotatable bonds is 4. The number of nitrogens with one attached hydrogen (secondary N) is 1. The Morgan fingerprint density at radius 3 is 2.95 bits per heavy atom. The first kappa shape index (κ1) is 11.7. The highest BCUT2D eigenvalue weighted by Gasteiger charge is 2.12. The summed E-state index contributed by atoms with van der Waals surface area (Å²) in [5.41, 5.74) is 2.00. The number of aromatic nitrogens is 4. The number of hydrogen-bond donors (Lipinski definition) is 1. The van der Waals surface area contributed by atoms with Crippen LogP contribution in [0.4, 0.5) is 0 Å². The highest BCUT2D eigenvalue weighted by molar-refractivity contribution is 5.75. The first-order chi connectivity index (χ1) is 9.30. The maximum Gasteiger partial charge on any atom is 0.215 e. The van der Waals surface area contributed by atoms with Gasteiger partial charge in [0.2, 0.25) is 5.88 Å². The maximum atomic E-state index is 5.12. The molecule has 0 aliphatic carbocycles. The molecule has 0 spiro atoms. The molecule has 7 nitrogen and oxygen atoms in total.